The summed E-state index contributed by atoms with van der Waals surface area (Å²) in [5.41, 5.74) is -0.956. The van der Waals surface area contributed by atoms with Gasteiger partial charge in [0.1, 0.15) is 5.82 Å². The molecule has 0 aromatic carbocycles. The second-order valence-electron chi connectivity index (χ2n) is 4.63. The Morgan fingerprint density at radius 2 is 1.78 bits per heavy atom. The Morgan fingerprint density at radius 3 is 2.22 bits per heavy atom. The third-order valence-electron chi connectivity index (χ3n) is 2.81. The van der Waals surface area contributed by atoms with Gasteiger partial charge in [-0.05, 0) is 13.8 Å². The average Bonchev–Trinajstić information content (AvgIpc) is 2.27. The predicted octanol–water partition coefficient (Wildman–Crippen LogP) is 1.68. The highest BCUT2D eigenvalue weighted by molar-refractivity contribution is 5.37. The Morgan fingerprint density at radius 1 is 1.17 bits per heavy atom. The maximum Gasteiger partial charge on any atom is 0.434 e. The lowest BCUT2D eigenvalue weighted by atomic mass is 10.1. The number of anilines is 1. The Hall–Kier alpha value is -1.37. The van der Waals surface area contributed by atoms with Crippen LogP contribution in [0.25, 0.3) is 0 Å². The summed E-state index contributed by atoms with van der Waals surface area (Å²) >= 11 is 0. The molecular formula is C11H15F3N4. The predicted molar refractivity (Wildman–Crippen MR) is 61.3 cm³/mol. The molecule has 0 spiro atoms. The summed E-state index contributed by atoms with van der Waals surface area (Å²) in [6.45, 7) is 5.48. The lowest BCUT2D eigenvalue weighted by Crippen LogP contribution is -2.54. The highest BCUT2D eigenvalue weighted by Crippen LogP contribution is 2.27. The number of aromatic nitrogens is 2. The van der Waals surface area contributed by atoms with Gasteiger partial charge in [0.15, 0.2) is 5.69 Å². The topological polar surface area (TPSA) is 41.1 Å². The summed E-state index contributed by atoms with van der Waals surface area (Å²) in [5, 5.41) is 3.34. The van der Waals surface area contributed by atoms with Crippen molar-refractivity contribution in [1.29, 1.82) is 0 Å². The lowest BCUT2D eigenvalue weighted by molar-refractivity contribution is -0.141. The Kier molecular flexibility index (Phi) is 3.43. The molecule has 0 amide bonds. The average molecular weight is 260 g/mol. The third kappa shape index (κ3) is 2.90. The molecule has 2 rings (SSSR count). The second kappa shape index (κ2) is 4.72. The van der Waals surface area contributed by atoms with E-state index in [4.69, 9.17) is 0 Å². The van der Waals surface area contributed by atoms with E-state index < -0.39 is 11.9 Å². The van der Waals surface area contributed by atoms with Crippen molar-refractivity contribution < 1.29 is 13.2 Å². The van der Waals surface area contributed by atoms with Crippen LogP contribution in [-0.2, 0) is 6.18 Å². The van der Waals surface area contributed by atoms with Crippen LogP contribution in [0.3, 0.4) is 0 Å². The molecule has 18 heavy (non-hydrogen) atoms. The van der Waals surface area contributed by atoms with Crippen LogP contribution in [0.5, 0.6) is 0 Å². The van der Waals surface area contributed by atoms with Crippen molar-refractivity contribution in [3.05, 3.63) is 18.1 Å². The molecule has 4 nitrogen and oxygen atoms in total. The highest BCUT2D eigenvalue weighted by Gasteiger charge is 2.33. The van der Waals surface area contributed by atoms with E-state index in [-0.39, 0.29) is 12.1 Å². The van der Waals surface area contributed by atoms with Crippen molar-refractivity contribution in [3.8, 4) is 0 Å². The zero-order valence-corrected chi connectivity index (χ0v) is 10.2. The van der Waals surface area contributed by atoms with Gasteiger partial charge in [-0.15, -0.1) is 0 Å². The molecule has 100 valence electrons. The molecule has 1 fully saturated rings. The summed E-state index contributed by atoms with van der Waals surface area (Å²) in [6.07, 6.45) is -2.46. The zero-order valence-electron chi connectivity index (χ0n) is 10.2. The fraction of sp³-hybridized carbons (Fsp3) is 0.636. The van der Waals surface area contributed by atoms with E-state index in [1.807, 2.05) is 18.7 Å². The highest BCUT2D eigenvalue weighted by atomic mass is 19.4. The monoisotopic (exact) mass is 260 g/mol. The molecular weight excluding hydrogens is 245 g/mol. The van der Waals surface area contributed by atoms with Gasteiger partial charge in [0.25, 0.3) is 0 Å². The van der Waals surface area contributed by atoms with Crippen LogP contribution in [0.15, 0.2) is 12.4 Å². The lowest BCUT2D eigenvalue weighted by Gasteiger charge is -2.36. The van der Waals surface area contributed by atoms with E-state index in [9.17, 15) is 13.2 Å². The van der Waals surface area contributed by atoms with Gasteiger partial charge in [-0.1, -0.05) is 0 Å². The fourth-order valence-corrected chi connectivity index (χ4v) is 2.14. The minimum Gasteiger partial charge on any atom is -0.352 e. The number of nitrogens with one attached hydrogen (secondary N) is 1. The number of rotatable bonds is 1. The van der Waals surface area contributed by atoms with E-state index in [1.54, 1.807) is 0 Å². The van der Waals surface area contributed by atoms with E-state index in [0.29, 0.717) is 18.9 Å². The molecule has 1 saturated heterocycles. The fourth-order valence-electron chi connectivity index (χ4n) is 2.14. The van der Waals surface area contributed by atoms with Gasteiger partial charge in [0.2, 0.25) is 0 Å². The standard InChI is InChI=1S/C11H15F3N4/c1-7-5-18(6-8(2)17-7)10-4-15-9(3-16-10)11(12,13)14/h3-4,7-8,17H,5-6H2,1-2H3/t7-,8+. The van der Waals surface area contributed by atoms with Crippen LogP contribution in [0.1, 0.15) is 19.5 Å². The molecule has 7 heteroatoms. The zero-order chi connectivity index (χ0) is 13.3. The van der Waals surface area contributed by atoms with Crippen LogP contribution >= 0.6 is 0 Å². The molecule has 1 aliphatic rings. The van der Waals surface area contributed by atoms with Crippen LogP contribution in [0.2, 0.25) is 0 Å². The normalized spacial score (nSPS) is 25.3. The van der Waals surface area contributed by atoms with Crippen LogP contribution in [0, 0.1) is 0 Å². The molecule has 2 atom stereocenters. The first-order valence-corrected chi connectivity index (χ1v) is 5.76. The largest absolute Gasteiger partial charge is 0.434 e. The van der Waals surface area contributed by atoms with Crippen molar-refractivity contribution in [3.63, 3.8) is 0 Å². The number of nitrogens with zero attached hydrogens (tertiary/aromatic N) is 3. The third-order valence-corrected chi connectivity index (χ3v) is 2.81. The van der Waals surface area contributed by atoms with Crippen LogP contribution in [-0.4, -0.2) is 35.1 Å². The van der Waals surface area contributed by atoms with E-state index in [0.717, 1.165) is 6.20 Å². The molecule has 2 heterocycles. The summed E-state index contributed by atoms with van der Waals surface area (Å²) in [4.78, 5) is 9.22. The molecule has 0 radical (unpaired) electrons. The Bertz CT molecular complexity index is 394. The molecule has 0 unspecified atom stereocenters. The van der Waals surface area contributed by atoms with Gasteiger partial charge < -0.3 is 10.2 Å². The first-order chi connectivity index (χ1) is 8.36. The number of hydrogen-bond donors (Lipinski definition) is 1. The molecule has 1 aliphatic heterocycles. The minimum atomic E-state index is -4.43. The molecule has 0 saturated carbocycles. The second-order valence-corrected chi connectivity index (χ2v) is 4.63. The molecule has 0 aliphatic carbocycles. The Labute approximate surface area is 103 Å². The summed E-state index contributed by atoms with van der Waals surface area (Å²) in [5.74, 6) is 0.489. The summed E-state index contributed by atoms with van der Waals surface area (Å²) in [7, 11) is 0. The SMILES string of the molecule is C[C@@H]1CN(c2cnc(C(F)(F)F)cn2)C[C@H](C)N1. The van der Waals surface area contributed by atoms with Crippen LogP contribution in [0.4, 0.5) is 19.0 Å². The molecule has 1 N–H and O–H groups in total. The first kappa shape index (κ1) is 13.1. The van der Waals surface area contributed by atoms with Crippen molar-refractivity contribution in [2.75, 3.05) is 18.0 Å². The van der Waals surface area contributed by atoms with E-state index in [2.05, 4.69) is 15.3 Å². The van der Waals surface area contributed by atoms with Crippen molar-refractivity contribution in [2.24, 2.45) is 0 Å². The van der Waals surface area contributed by atoms with Gasteiger partial charge >= 0.3 is 6.18 Å². The number of halogens is 3. The van der Waals surface area contributed by atoms with Crippen molar-refractivity contribution in [2.45, 2.75) is 32.1 Å². The maximum absolute atomic E-state index is 12.4. The smallest absolute Gasteiger partial charge is 0.352 e. The quantitative estimate of drug-likeness (QED) is 0.834. The number of piperazine rings is 1. The molecule has 0 bridgehead atoms. The summed E-state index contributed by atoms with van der Waals surface area (Å²) in [6, 6.07) is 0.552. The van der Waals surface area contributed by atoms with Gasteiger partial charge in [-0.25, -0.2) is 9.97 Å². The van der Waals surface area contributed by atoms with Crippen molar-refractivity contribution in [1.82, 2.24) is 15.3 Å². The van der Waals surface area contributed by atoms with E-state index >= 15 is 0 Å². The minimum absolute atomic E-state index is 0.276. The molecule has 1 aromatic rings. The molecule has 1 aromatic heterocycles. The van der Waals surface area contributed by atoms with Gasteiger partial charge in [0, 0.05) is 25.2 Å². The van der Waals surface area contributed by atoms with Gasteiger partial charge in [-0.3, -0.25) is 0 Å². The number of hydrogen-bond acceptors (Lipinski definition) is 4. The first-order valence-electron chi connectivity index (χ1n) is 5.76. The van der Waals surface area contributed by atoms with Crippen LogP contribution < -0.4 is 10.2 Å². The van der Waals surface area contributed by atoms with Crippen molar-refractivity contribution >= 4 is 5.82 Å². The van der Waals surface area contributed by atoms with Gasteiger partial charge in [0.05, 0.1) is 12.4 Å². The van der Waals surface area contributed by atoms with E-state index in [1.165, 1.54) is 6.20 Å². The van der Waals surface area contributed by atoms with Gasteiger partial charge in [-0.2, -0.15) is 13.2 Å². The summed E-state index contributed by atoms with van der Waals surface area (Å²) < 4.78 is 37.1. The Balaban J connectivity index is 2.14. The number of alkyl halides is 3. The maximum atomic E-state index is 12.4.